The number of ether oxygens (including phenoxy) is 2. The van der Waals surface area contributed by atoms with Crippen LogP contribution in [0.1, 0.15) is 32.3 Å². The third-order valence-electron chi connectivity index (χ3n) is 4.23. The van der Waals surface area contributed by atoms with Crippen molar-refractivity contribution in [3.8, 4) is 11.5 Å². The van der Waals surface area contributed by atoms with Crippen molar-refractivity contribution in [2.24, 2.45) is 0 Å². The van der Waals surface area contributed by atoms with Crippen molar-refractivity contribution in [2.75, 3.05) is 33.4 Å². The van der Waals surface area contributed by atoms with Gasteiger partial charge in [-0.05, 0) is 44.5 Å². The van der Waals surface area contributed by atoms with Gasteiger partial charge in [-0.1, -0.05) is 18.5 Å². The molecule has 22 heavy (non-hydrogen) atoms. The molecule has 1 N–H and O–H groups in total. The monoisotopic (exact) mass is 326 g/mol. The van der Waals surface area contributed by atoms with Crippen molar-refractivity contribution in [1.82, 2.24) is 10.2 Å². The van der Waals surface area contributed by atoms with E-state index in [1.807, 2.05) is 19.1 Å². The summed E-state index contributed by atoms with van der Waals surface area (Å²) in [6, 6.07) is 4.45. The summed E-state index contributed by atoms with van der Waals surface area (Å²) in [7, 11) is 1.65. The molecule has 0 radical (unpaired) electrons. The van der Waals surface area contributed by atoms with Crippen molar-refractivity contribution in [3.05, 3.63) is 22.7 Å². The fraction of sp³-hybridized carbons (Fsp3) is 0.647. The smallest absolute Gasteiger partial charge is 0.162 e. The topological polar surface area (TPSA) is 33.7 Å². The third-order valence-corrected chi connectivity index (χ3v) is 4.59. The number of rotatable bonds is 8. The molecule has 124 valence electrons. The second-order valence-electron chi connectivity index (χ2n) is 5.58. The van der Waals surface area contributed by atoms with Crippen LogP contribution in [0.2, 0.25) is 5.02 Å². The molecular weight excluding hydrogens is 300 g/mol. The summed E-state index contributed by atoms with van der Waals surface area (Å²) < 4.78 is 10.9. The van der Waals surface area contributed by atoms with Crippen LogP contribution in [0.15, 0.2) is 12.1 Å². The molecule has 0 aliphatic carbocycles. The molecular formula is C17H27ClN2O2. The summed E-state index contributed by atoms with van der Waals surface area (Å²) in [6.45, 7) is 8.87. The minimum atomic E-state index is 0.596. The van der Waals surface area contributed by atoms with Crippen LogP contribution >= 0.6 is 11.6 Å². The lowest BCUT2D eigenvalue weighted by atomic mass is 10.1. The number of benzene rings is 1. The normalized spacial score (nSPS) is 18.6. The van der Waals surface area contributed by atoms with Gasteiger partial charge in [0.05, 0.1) is 13.7 Å². The minimum absolute atomic E-state index is 0.596. The van der Waals surface area contributed by atoms with Crippen molar-refractivity contribution in [1.29, 1.82) is 0 Å². The Morgan fingerprint density at radius 1 is 1.32 bits per heavy atom. The number of nitrogens with zero attached hydrogens (tertiary/aromatic N) is 1. The molecule has 1 heterocycles. The average Bonchev–Trinajstić information content (AvgIpc) is 2.97. The highest BCUT2D eigenvalue weighted by Crippen LogP contribution is 2.33. The number of nitrogens with one attached hydrogen (secondary N) is 1. The Morgan fingerprint density at radius 3 is 2.82 bits per heavy atom. The second-order valence-corrected chi connectivity index (χ2v) is 5.99. The Hall–Kier alpha value is -0.970. The lowest BCUT2D eigenvalue weighted by Gasteiger charge is -2.23. The van der Waals surface area contributed by atoms with Crippen LogP contribution in [0.3, 0.4) is 0 Å². The molecule has 1 aliphatic heterocycles. The van der Waals surface area contributed by atoms with E-state index in [1.165, 1.54) is 19.4 Å². The first-order valence-electron chi connectivity index (χ1n) is 8.13. The molecule has 0 spiro atoms. The standard InChI is InChI=1S/C17H27ClN2O2/c1-4-20-8-6-7-14(20)12-19-11-13-9-16(21-3)17(22-5-2)10-15(13)18/h9-10,14,19H,4-8,11-12H2,1-3H3. The van der Waals surface area contributed by atoms with Crippen molar-refractivity contribution in [3.63, 3.8) is 0 Å². The van der Waals surface area contributed by atoms with Gasteiger partial charge >= 0.3 is 0 Å². The molecule has 5 heteroatoms. The van der Waals surface area contributed by atoms with E-state index in [0.29, 0.717) is 18.4 Å². The fourth-order valence-electron chi connectivity index (χ4n) is 3.06. The van der Waals surface area contributed by atoms with Gasteiger partial charge in [-0.25, -0.2) is 0 Å². The number of halogens is 1. The van der Waals surface area contributed by atoms with E-state index in [-0.39, 0.29) is 0 Å². The van der Waals surface area contributed by atoms with Gasteiger partial charge in [0, 0.05) is 30.2 Å². The van der Waals surface area contributed by atoms with E-state index >= 15 is 0 Å². The van der Waals surface area contributed by atoms with E-state index in [9.17, 15) is 0 Å². The van der Waals surface area contributed by atoms with Gasteiger partial charge < -0.3 is 14.8 Å². The van der Waals surface area contributed by atoms with E-state index < -0.39 is 0 Å². The van der Waals surface area contributed by atoms with Crippen LogP contribution < -0.4 is 14.8 Å². The fourth-order valence-corrected chi connectivity index (χ4v) is 3.28. The molecule has 1 atom stereocenters. The van der Waals surface area contributed by atoms with Crippen LogP contribution in [0, 0.1) is 0 Å². The average molecular weight is 327 g/mol. The summed E-state index contributed by atoms with van der Waals surface area (Å²) in [5, 5.41) is 4.25. The van der Waals surface area contributed by atoms with Crippen molar-refractivity contribution < 1.29 is 9.47 Å². The molecule has 1 aromatic carbocycles. The van der Waals surface area contributed by atoms with Crippen LogP contribution in [-0.4, -0.2) is 44.3 Å². The maximum Gasteiger partial charge on any atom is 0.162 e. The van der Waals surface area contributed by atoms with E-state index in [4.69, 9.17) is 21.1 Å². The van der Waals surface area contributed by atoms with E-state index in [2.05, 4.69) is 17.1 Å². The van der Waals surface area contributed by atoms with Crippen LogP contribution in [0.4, 0.5) is 0 Å². The summed E-state index contributed by atoms with van der Waals surface area (Å²) >= 11 is 6.36. The Balaban J connectivity index is 1.94. The van der Waals surface area contributed by atoms with Gasteiger partial charge in [0.25, 0.3) is 0 Å². The largest absolute Gasteiger partial charge is 0.493 e. The molecule has 1 aliphatic rings. The summed E-state index contributed by atoms with van der Waals surface area (Å²) in [5.41, 5.74) is 1.04. The molecule has 1 fully saturated rings. The van der Waals surface area contributed by atoms with Crippen LogP contribution in [0.25, 0.3) is 0 Å². The SMILES string of the molecule is CCOc1cc(Cl)c(CNCC2CCCN2CC)cc1OC. The van der Waals surface area contributed by atoms with Gasteiger partial charge in [0.15, 0.2) is 11.5 Å². The molecule has 1 unspecified atom stereocenters. The Kier molecular flexibility index (Phi) is 6.80. The van der Waals surface area contributed by atoms with Crippen LogP contribution in [-0.2, 0) is 6.54 Å². The Bertz CT molecular complexity index is 482. The first kappa shape index (κ1) is 17.4. The third kappa shape index (κ3) is 4.28. The summed E-state index contributed by atoms with van der Waals surface area (Å²) in [6.07, 6.45) is 2.58. The predicted octanol–water partition coefficient (Wildman–Crippen LogP) is 3.32. The molecule has 1 saturated heterocycles. The van der Waals surface area contributed by atoms with Gasteiger partial charge in [-0.15, -0.1) is 0 Å². The van der Waals surface area contributed by atoms with Gasteiger partial charge in [-0.3, -0.25) is 4.90 Å². The molecule has 2 rings (SSSR count). The molecule has 0 amide bonds. The Morgan fingerprint density at radius 2 is 2.14 bits per heavy atom. The second kappa shape index (κ2) is 8.61. The zero-order valence-electron chi connectivity index (χ0n) is 13.8. The maximum atomic E-state index is 6.36. The highest BCUT2D eigenvalue weighted by Gasteiger charge is 2.22. The van der Waals surface area contributed by atoms with Crippen molar-refractivity contribution >= 4 is 11.6 Å². The summed E-state index contributed by atoms with van der Waals surface area (Å²) in [5.74, 6) is 1.44. The first-order valence-corrected chi connectivity index (χ1v) is 8.51. The van der Waals surface area contributed by atoms with E-state index in [1.54, 1.807) is 7.11 Å². The number of likely N-dealkylation sites (tertiary alicyclic amines) is 1. The lowest BCUT2D eigenvalue weighted by Crippen LogP contribution is -2.37. The first-order chi connectivity index (χ1) is 10.7. The van der Waals surface area contributed by atoms with Gasteiger partial charge in [0.1, 0.15) is 0 Å². The van der Waals surface area contributed by atoms with Crippen LogP contribution in [0.5, 0.6) is 11.5 Å². The molecule has 4 nitrogen and oxygen atoms in total. The maximum absolute atomic E-state index is 6.36. The molecule has 0 aromatic heterocycles. The Labute approximate surface area is 138 Å². The minimum Gasteiger partial charge on any atom is -0.493 e. The number of hydrogen-bond acceptors (Lipinski definition) is 4. The number of hydrogen-bond donors (Lipinski definition) is 1. The summed E-state index contributed by atoms with van der Waals surface area (Å²) in [4.78, 5) is 2.54. The van der Waals surface area contributed by atoms with Gasteiger partial charge in [0.2, 0.25) is 0 Å². The number of methoxy groups -OCH3 is 1. The van der Waals surface area contributed by atoms with Gasteiger partial charge in [-0.2, -0.15) is 0 Å². The number of likely N-dealkylation sites (N-methyl/N-ethyl adjacent to an activating group) is 1. The zero-order chi connectivity index (χ0) is 15.9. The lowest BCUT2D eigenvalue weighted by molar-refractivity contribution is 0.260. The molecule has 1 aromatic rings. The van der Waals surface area contributed by atoms with E-state index in [0.717, 1.165) is 36.0 Å². The highest BCUT2D eigenvalue weighted by molar-refractivity contribution is 6.31. The molecule has 0 bridgehead atoms. The van der Waals surface area contributed by atoms with Crippen molar-refractivity contribution in [2.45, 2.75) is 39.3 Å². The quantitative estimate of drug-likeness (QED) is 0.794. The predicted molar refractivity (Wildman–Crippen MR) is 91.1 cm³/mol. The molecule has 0 saturated carbocycles. The zero-order valence-corrected chi connectivity index (χ0v) is 14.6. The highest BCUT2D eigenvalue weighted by atomic mass is 35.5.